The van der Waals surface area contributed by atoms with Crippen molar-refractivity contribution in [1.29, 1.82) is 0 Å². The second kappa shape index (κ2) is 8.09. The molecule has 2 aromatic rings. The van der Waals surface area contributed by atoms with Crippen LogP contribution in [0.3, 0.4) is 0 Å². The number of benzene rings is 1. The lowest BCUT2D eigenvalue weighted by atomic mass is 10.2. The van der Waals surface area contributed by atoms with Crippen molar-refractivity contribution in [1.82, 2.24) is 20.6 Å². The molecule has 1 aromatic carbocycles. The third-order valence-corrected chi connectivity index (χ3v) is 2.98. The van der Waals surface area contributed by atoms with Gasteiger partial charge in [-0.15, -0.1) is 0 Å². The summed E-state index contributed by atoms with van der Waals surface area (Å²) >= 11 is 0. The van der Waals surface area contributed by atoms with Crippen molar-refractivity contribution in [2.45, 2.75) is 19.9 Å². The smallest absolute Gasteiger partial charge is 0.251 e. The number of nitrogens with zero attached hydrogens (tertiary/aromatic N) is 2. The minimum Gasteiger partial charge on any atom is -0.437 e. The van der Waals surface area contributed by atoms with Gasteiger partial charge in [0.25, 0.3) is 5.91 Å². The van der Waals surface area contributed by atoms with Crippen LogP contribution >= 0.6 is 0 Å². The van der Waals surface area contributed by atoms with Crippen molar-refractivity contribution in [3.8, 4) is 11.6 Å². The molecule has 0 spiro atoms. The number of rotatable bonds is 7. The normalized spacial score (nSPS) is 11.7. The van der Waals surface area contributed by atoms with Crippen LogP contribution in [-0.2, 0) is 0 Å². The molecule has 0 aliphatic heterocycles. The van der Waals surface area contributed by atoms with E-state index < -0.39 is 0 Å². The molecule has 1 aromatic heterocycles. The van der Waals surface area contributed by atoms with Crippen LogP contribution in [0.1, 0.15) is 24.2 Å². The second-order valence-corrected chi connectivity index (χ2v) is 4.84. The van der Waals surface area contributed by atoms with Crippen LogP contribution in [-0.4, -0.2) is 35.0 Å². The Hall–Kier alpha value is -2.47. The van der Waals surface area contributed by atoms with Gasteiger partial charge in [-0.25, -0.2) is 4.98 Å². The van der Waals surface area contributed by atoms with Crippen molar-refractivity contribution in [2.75, 3.05) is 13.1 Å². The van der Waals surface area contributed by atoms with Crippen molar-refractivity contribution < 1.29 is 9.53 Å². The summed E-state index contributed by atoms with van der Waals surface area (Å²) in [6, 6.07) is 7.20. The van der Waals surface area contributed by atoms with Gasteiger partial charge in [0, 0.05) is 30.5 Å². The molecule has 0 unspecified atom stereocenters. The van der Waals surface area contributed by atoms with Crippen LogP contribution in [0.4, 0.5) is 0 Å². The van der Waals surface area contributed by atoms with Crippen molar-refractivity contribution in [3.05, 3.63) is 48.4 Å². The summed E-state index contributed by atoms with van der Waals surface area (Å²) in [6.07, 6.45) is 4.64. The minimum absolute atomic E-state index is 0.130. The lowest BCUT2D eigenvalue weighted by Crippen LogP contribution is -2.38. The fourth-order valence-corrected chi connectivity index (χ4v) is 1.93. The van der Waals surface area contributed by atoms with Gasteiger partial charge < -0.3 is 15.4 Å². The SMILES string of the molecule is CCN[C@H](C)CNC(=O)c1cccc(Oc2cnccn2)c1. The standard InChI is InChI=1S/C16H20N4O2/c1-3-18-12(2)10-20-16(21)13-5-4-6-14(9-13)22-15-11-17-7-8-19-15/h4-9,11-12,18H,3,10H2,1-2H3,(H,20,21)/t12-/m1/s1. The highest BCUT2D eigenvalue weighted by atomic mass is 16.5. The van der Waals surface area contributed by atoms with E-state index in [1.807, 2.05) is 13.8 Å². The highest BCUT2D eigenvalue weighted by Crippen LogP contribution is 2.19. The molecule has 0 saturated carbocycles. The van der Waals surface area contributed by atoms with Gasteiger partial charge in [0.1, 0.15) is 5.75 Å². The molecule has 1 amide bonds. The monoisotopic (exact) mass is 300 g/mol. The van der Waals surface area contributed by atoms with Gasteiger partial charge in [0.15, 0.2) is 0 Å². The molecule has 22 heavy (non-hydrogen) atoms. The van der Waals surface area contributed by atoms with E-state index in [9.17, 15) is 4.79 Å². The Kier molecular flexibility index (Phi) is 5.85. The molecular weight excluding hydrogens is 280 g/mol. The first-order valence-corrected chi connectivity index (χ1v) is 7.24. The number of nitrogens with one attached hydrogen (secondary N) is 2. The van der Waals surface area contributed by atoms with E-state index in [2.05, 4.69) is 20.6 Å². The van der Waals surface area contributed by atoms with Gasteiger partial charge in [-0.2, -0.15) is 0 Å². The average Bonchev–Trinajstić information content (AvgIpc) is 2.54. The first kappa shape index (κ1) is 15.9. The van der Waals surface area contributed by atoms with Crippen molar-refractivity contribution in [3.63, 3.8) is 0 Å². The van der Waals surface area contributed by atoms with Crippen LogP contribution in [0.25, 0.3) is 0 Å². The lowest BCUT2D eigenvalue weighted by Gasteiger charge is -2.13. The molecule has 0 saturated heterocycles. The summed E-state index contributed by atoms with van der Waals surface area (Å²) in [5.41, 5.74) is 0.546. The maximum Gasteiger partial charge on any atom is 0.251 e. The van der Waals surface area contributed by atoms with E-state index in [1.54, 1.807) is 36.7 Å². The first-order valence-electron chi connectivity index (χ1n) is 7.24. The highest BCUT2D eigenvalue weighted by Gasteiger charge is 2.09. The van der Waals surface area contributed by atoms with Crippen LogP contribution in [0.2, 0.25) is 0 Å². The zero-order chi connectivity index (χ0) is 15.8. The summed E-state index contributed by atoms with van der Waals surface area (Å²) in [5, 5.41) is 6.13. The van der Waals surface area contributed by atoms with Gasteiger partial charge in [-0.1, -0.05) is 13.0 Å². The van der Waals surface area contributed by atoms with Crippen LogP contribution in [0.5, 0.6) is 11.6 Å². The summed E-state index contributed by atoms with van der Waals surface area (Å²) in [7, 11) is 0. The third-order valence-electron chi connectivity index (χ3n) is 2.98. The first-order chi connectivity index (χ1) is 10.7. The molecule has 0 aliphatic carbocycles. The molecular formula is C16H20N4O2. The van der Waals surface area contributed by atoms with E-state index >= 15 is 0 Å². The number of carbonyl (C=O) groups excluding carboxylic acids is 1. The Morgan fingerprint density at radius 3 is 2.95 bits per heavy atom. The maximum atomic E-state index is 12.1. The summed E-state index contributed by atoms with van der Waals surface area (Å²) in [5.74, 6) is 0.808. The molecule has 6 nitrogen and oxygen atoms in total. The van der Waals surface area contributed by atoms with Gasteiger partial charge in [0.05, 0.1) is 6.20 Å². The Morgan fingerprint density at radius 2 is 2.23 bits per heavy atom. The fraction of sp³-hybridized carbons (Fsp3) is 0.312. The van der Waals surface area contributed by atoms with E-state index in [0.717, 1.165) is 6.54 Å². The van der Waals surface area contributed by atoms with E-state index in [4.69, 9.17) is 4.74 Å². The third kappa shape index (κ3) is 4.82. The largest absolute Gasteiger partial charge is 0.437 e. The molecule has 2 N–H and O–H groups in total. The Bertz CT molecular complexity index is 604. The molecule has 0 aliphatic rings. The quantitative estimate of drug-likeness (QED) is 0.818. The number of hydrogen-bond acceptors (Lipinski definition) is 5. The van der Waals surface area contributed by atoms with Crippen LogP contribution in [0.15, 0.2) is 42.9 Å². The van der Waals surface area contributed by atoms with Crippen LogP contribution in [0, 0.1) is 0 Å². The minimum atomic E-state index is -0.130. The highest BCUT2D eigenvalue weighted by molar-refractivity contribution is 5.94. The zero-order valence-corrected chi connectivity index (χ0v) is 12.7. The van der Waals surface area contributed by atoms with Gasteiger partial charge in [0.2, 0.25) is 5.88 Å². The van der Waals surface area contributed by atoms with Gasteiger partial charge >= 0.3 is 0 Å². The average molecular weight is 300 g/mol. The molecule has 6 heteroatoms. The number of carbonyl (C=O) groups is 1. The lowest BCUT2D eigenvalue weighted by molar-refractivity contribution is 0.0950. The fourth-order valence-electron chi connectivity index (χ4n) is 1.93. The molecule has 1 atom stereocenters. The molecule has 0 radical (unpaired) electrons. The van der Waals surface area contributed by atoms with Crippen molar-refractivity contribution in [2.24, 2.45) is 0 Å². The van der Waals surface area contributed by atoms with Gasteiger partial charge in [-0.3, -0.25) is 9.78 Å². The van der Waals surface area contributed by atoms with E-state index in [-0.39, 0.29) is 11.9 Å². The van der Waals surface area contributed by atoms with Gasteiger partial charge in [-0.05, 0) is 31.7 Å². The maximum absolute atomic E-state index is 12.1. The summed E-state index contributed by atoms with van der Waals surface area (Å²) < 4.78 is 5.57. The number of amides is 1. The topological polar surface area (TPSA) is 76.1 Å². The Morgan fingerprint density at radius 1 is 1.36 bits per heavy atom. The number of likely N-dealkylation sites (N-methyl/N-ethyl adjacent to an activating group) is 1. The molecule has 0 bridgehead atoms. The predicted molar refractivity (Wildman–Crippen MR) is 84.0 cm³/mol. The van der Waals surface area contributed by atoms with Crippen LogP contribution < -0.4 is 15.4 Å². The molecule has 116 valence electrons. The number of ether oxygens (including phenoxy) is 1. The number of hydrogen-bond donors (Lipinski definition) is 2. The van der Waals surface area contributed by atoms with E-state index in [0.29, 0.717) is 23.7 Å². The summed E-state index contributed by atoms with van der Waals surface area (Å²) in [4.78, 5) is 20.1. The second-order valence-electron chi connectivity index (χ2n) is 4.84. The summed E-state index contributed by atoms with van der Waals surface area (Å²) in [6.45, 7) is 5.50. The molecule has 1 heterocycles. The number of aromatic nitrogens is 2. The Labute approximate surface area is 129 Å². The Balaban J connectivity index is 1.97. The van der Waals surface area contributed by atoms with Crippen molar-refractivity contribution >= 4 is 5.91 Å². The zero-order valence-electron chi connectivity index (χ0n) is 12.7. The molecule has 0 fully saturated rings. The van der Waals surface area contributed by atoms with E-state index in [1.165, 1.54) is 6.20 Å². The molecule has 2 rings (SSSR count). The predicted octanol–water partition coefficient (Wildman–Crippen LogP) is 2.00.